The van der Waals surface area contributed by atoms with Crippen molar-refractivity contribution in [2.45, 2.75) is 13.8 Å². The van der Waals surface area contributed by atoms with E-state index in [1.54, 1.807) is 12.3 Å². The average Bonchev–Trinajstić information content (AvgIpc) is 2.25. The summed E-state index contributed by atoms with van der Waals surface area (Å²) in [5.41, 5.74) is 8.16. The van der Waals surface area contributed by atoms with Crippen molar-refractivity contribution >= 4 is 5.69 Å². The van der Waals surface area contributed by atoms with Crippen molar-refractivity contribution < 1.29 is 4.74 Å². The molecular formula is C12H13N3O. The third kappa shape index (κ3) is 2.11. The van der Waals surface area contributed by atoms with E-state index in [9.17, 15) is 0 Å². The molecule has 16 heavy (non-hydrogen) atoms. The van der Waals surface area contributed by atoms with E-state index in [0.717, 1.165) is 22.7 Å². The summed E-state index contributed by atoms with van der Waals surface area (Å²) < 4.78 is 5.74. The quantitative estimate of drug-likeness (QED) is 0.782. The third-order valence-electron chi connectivity index (χ3n) is 2.28. The first-order chi connectivity index (χ1) is 7.66. The molecule has 0 saturated carbocycles. The second kappa shape index (κ2) is 4.18. The Hall–Kier alpha value is -2.10. The largest absolute Gasteiger partial charge is 0.455 e. The first-order valence-electron chi connectivity index (χ1n) is 4.99. The predicted molar refractivity (Wildman–Crippen MR) is 62.4 cm³/mol. The van der Waals surface area contributed by atoms with Gasteiger partial charge in [-0.1, -0.05) is 0 Å². The molecule has 0 atom stereocenters. The van der Waals surface area contributed by atoms with Gasteiger partial charge in [-0.15, -0.1) is 0 Å². The Morgan fingerprint density at radius 3 is 2.62 bits per heavy atom. The van der Waals surface area contributed by atoms with Gasteiger partial charge >= 0.3 is 0 Å². The highest BCUT2D eigenvalue weighted by molar-refractivity contribution is 5.48. The molecule has 0 bridgehead atoms. The number of nitrogens with zero attached hydrogens (tertiary/aromatic N) is 2. The molecule has 1 aromatic heterocycles. The van der Waals surface area contributed by atoms with Gasteiger partial charge in [0.1, 0.15) is 11.4 Å². The maximum Gasteiger partial charge on any atom is 0.152 e. The lowest BCUT2D eigenvalue weighted by atomic mass is 10.2. The Kier molecular flexibility index (Phi) is 2.72. The van der Waals surface area contributed by atoms with Crippen LogP contribution in [-0.2, 0) is 0 Å². The smallest absolute Gasteiger partial charge is 0.152 e. The summed E-state index contributed by atoms with van der Waals surface area (Å²) >= 11 is 0. The number of hydrogen-bond acceptors (Lipinski definition) is 4. The van der Waals surface area contributed by atoms with Crippen LogP contribution in [0.25, 0.3) is 0 Å². The average molecular weight is 215 g/mol. The molecule has 0 spiro atoms. The molecule has 2 N–H and O–H groups in total. The van der Waals surface area contributed by atoms with Gasteiger partial charge < -0.3 is 10.5 Å². The van der Waals surface area contributed by atoms with E-state index in [4.69, 9.17) is 10.5 Å². The minimum atomic E-state index is 0.711. The monoisotopic (exact) mass is 215 g/mol. The standard InChI is InChI=1S/C12H13N3O/c1-8-7-10(13)3-4-11(8)16-12-5-6-14-15-9(12)2/h3-7H,13H2,1-2H3. The molecule has 4 heteroatoms. The van der Waals surface area contributed by atoms with Gasteiger partial charge in [0, 0.05) is 11.8 Å². The van der Waals surface area contributed by atoms with Gasteiger partial charge in [-0.3, -0.25) is 0 Å². The molecule has 0 aliphatic carbocycles. The molecule has 0 fully saturated rings. The summed E-state index contributed by atoms with van der Waals surface area (Å²) in [5.74, 6) is 1.49. The zero-order chi connectivity index (χ0) is 11.5. The van der Waals surface area contributed by atoms with Crippen molar-refractivity contribution in [2.24, 2.45) is 0 Å². The highest BCUT2D eigenvalue weighted by Crippen LogP contribution is 2.27. The SMILES string of the molecule is Cc1cc(N)ccc1Oc1ccnnc1C. The van der Waals surface area contributed by atoms with E-state index in [-0.39, 0.29) is 0 Å². The number of nitrogen functional groups attached to an aromatic ring is 1. The topological polar surface area (TPSA) is 61.0 Å². The van der Waals surface area contributed by atoms with Crippen LogP contribution in [-0.4, -0.2) is 10.2 Å². The maximum absolute atomic E-state index is 5.74. The number of nitrogens with two attached hydrogens (primary N) is 1. The molecule has 2 rings (SSSR count). The molecular weight excluding hydrogens is 202 g/mol. The van der Waals surface area contributed by atoms with Crippen molar-refractivity contribution in [2.75, 3.05) is 5.73 Å². The van der Waals surface area contributed by atoms with Gasteiger partial charge in [-0.05, 0) is 37.6 Å². The summed E-state index contributed by atoms with van der Waals surface area (Å²) in [5, 5.41) is 7.70. The van der Waals surface area contributed by atoms with Crippen LogP contribution in [0, 0.1) is 13.8 Å². The Morgan fingerprint density at radius 1 is 1.12 bits per heavy atom. The number of aromatic nitrogens is 2. The molecule has 0 amide bonds. The van der Waals surface area contributed by atoms with E-state index in [1.807, 2.05) is 32.0 Å². The fraction of sp³-hybridized carbons (Fsp3) is 0.167. The van der Waals surface area contributed by atoms with Gasteiger partial charge in [-0.25, -0.2) is 0 Å². The van der Waals surface area contributed by atoms with Gasteiger partial charge in [0.2, 0.25) is 0 Å². The van der Waals surface area contributed by atoms with Crippen molar-refractivity contribution in [3.8, 4) is 11.5 Å². The van der Waals surface area contributed by atoms with E-state index in [2.05, 4.69) is 10.2 Å². The van der Waals surface area contributed by atoms with Crippen molar-refractivity contribution in [1.29, 1.82) is 0 Å². The number of ether oxygens (including phenoxy) is 1. The maximum atomic E-state index is 5.74. The number of rotatable bonds is 2. The molecule has 82 valence electrons. The van der Waals surface area contributed by atoms with E-state index in [0.29, 0.717) is 5.75 Å². The van der Waals surface area contributed by atoms with Gasteiger partial charge in [0.25, 0.3) is 0 Å². The van der Waals surface area contributed by atoms with Gasteiger partial charge in [-0.2, -0.15) is 10.2 Å². The highest BCUT2D eigenvalue weighted by atomic mass is 16.5. The van der Waals surface area contributed by atoms with Crippen molar-refractivity contribution in [1.82, 2.24) is 10.2 Å². The van der Waals surface area contributed by atoms with Crippen LogP contribution in [0.1, 0.15) is 11.3 Å². The van der Waals surface area contributed by atoms with Crippen molar-refractivity contribution in [3.63, 3.8) is 0 Å². The number of hydrogen-bond donors (Lipinski definition) is 1. The zero-order valence-corrected chi connectivity index (χ0v) is 9.27. The van der Waals surface area contributed by atoms with Crippen LogP contribution < -0.4 is 10.5 Å². The minimum Gasteiger partial charge on any atom is -0.455 e. The first-order valence-corrected chi connectivity index (χ1v) is 4.99. The van der Waals surface area contributed by atoms with E-state index >= 15 is 0 Å². The Labute approximate surface area is 94.1 Å². The minimum absolute atomic E-state index is 0.711. The first kappa shape index (κ1) is 10.4. The zero-order valence-electron chi connectivity index (χ0n) is 9.27. The molecule has 4 nitrogen and oxygen atoms in total. The molecule has 1 heterocycles. The van der Waals surface area contributed by atoms with Crippen LogP contribution in [0.15, 0.2) is 30.5 Å². The lowest BCUT2D eigenvalue weighted by molar-refractivity contribution is 0.470. The molecule has 0 radical (unpaired) electrons. The van der Waals surface area contributed by atoms with Crippen molar-refractivity contribution in [3.05, 3.63) is 41.7 Å². The van der Waals surface area contributed by atoms with Crippen LogP contribution >= 0.6 is 0 Å². The summed E-state index contributed by atoms with van der Waals surface area (Å²) in [6, 6.07) is 7.33. The summed E-state index contributed by atoms with van der Waals surface area (Å²) in [6.45, 7) is 3.81. The Bertz CT molecular complexity index is 511. The number of aryl methyl sites for hydroxylation is 2. The van der Waals surface area contributed by atoms with Crippen LogP contribution in [0.3, 0.4) is 0 Å². The molecule has 0 aliphatic rings. The fourth-order valence-corrected chi connectivity index (χ4v) is 1.40. The molecule has 0 aliphatic heterocycles. The molecule has 0 saturated heterocycles. The lowest BCUT2D eigenvalue weighted by Crippen LogP contribution is -1.94. The number of benzene rings is 1. The Morgan fingerprint density at radius 2 is 1.94 bits per heavy atom. The normalized spacial score (nSPS) is 10.1. The van der Waals surface area contributed by atoms with Crippen LogP contribution in [0.5, 0.6) is 11.5 Å². The summed E-state index contributed by atoms with van der Waals surface area (Å²) in [4.78, 5) is 0. The molecule has 0 unspecified atom stereocenters. The van der Waals surface area contributed by atoms with E-state index < -0.39 is 0 Å². The number of anilines is 1. The highest BCUT2D eigenvalue weighted by Gasteiger charge is 2.04. The fourth-order valence-electron chi connectivity index (χ4n) is 1.40. The third-order valence-corrected chi connectivity index (χ3v) is 2.28. The van der Waals surface area contributed by atoms with Gasteiger partial charge in [0.05, 0.1) is 6.20 Å². The molecule has 1 aromatic carbocycles. The predicted octanol–water partition coefficient (Wildman–Crippen LogP) is 2.47. The second-order valence-electron chi connectivity index (χ2n) is 3.61. The summed E-state index contributed by atoms with van der Waals surface area (Å²) in [6.07, 6.45) is 1.61. The summed E-state index contributed by atoms with van der Waals surface area (Å²) in [7, 11) is 0. The Balaban J connectivity index is 2.31. The van der Waals surface area contributed by atoms with Crippen LogP contribution in [0.4, 0.5) is 5.69 Å². The van der Waals surface area contributed by atoms with Crippen LogP contribution in [0.2, 0.25) is 0 Å². The second-order valence-corrected chi connectivity index (χ2v) is 3.61. The molecule has 2 aromatic rings. The van der Waals surface area contributed by atoms with Gasteiger partial charge in [0.15, 0.2) is 5.75 Å². The van der Waals surface area contributed by atoms with E-state index in [1.165, 1.54) is 0 Å². The lowest BCUT2D eigenvalue weighted by Gasteiger charge is -2.10.